The van der Waals surface area contributed by atoms with Gasteiger partial charge >= 0.3 is 5.97 Å². The average molecular weight is 313 g/mol. The van der Waals surface area contributed by atoms with Crippen molar-refractivity contribution in [2.45, 2.75) is 31.3 Å². The highest BCUT2D eigenvalue weighted by molar-refractivity contribution is 8.13. The molecule has 0 heterocycles. The van der Waals surface area contributed by atoms with Gasteiger partial charge in [-0.1, -0.05) is 0 Å². The molecule has 0 unspecified atom stereocenters. The first kappa shape index (κ1) is 15.8. The molecular formula is C11H11ClF2O4S. The number of ether oxygens (including phenoxy) is 1. The van der Waals surface area contributed by atoms with Gasteiger partial charge in [0, 0.05) is 16.7 Å². The first-order valence-corrected chi connectivity index (χ1v) is 7.40. The maximum absolute atomic E-state index is 13.5. The molecule has 0 spiro atoms. The van der Waals surface area contributed by atoms with Gasteiger partial charge in [-0.2, -0.15) is 0 Å². The van der Waals surface area contributed by atoms with Gasteiger partial charge in [-0.15, -0.1) is 0 Å². The zero-order chi connectivity index (χ0) is 15.0. The van der Waals surface area contributed by atoms with Crippen molar-refractivity contribution in [3.05, 3.63) is 29.3 Å². The van der Waals surface area contributed by atoms with E-state index in [1.165, 1.54) is 0 Å². The van der Waals surface area contributed by atoms with Gasteiger partial charge in [-0.3, -0.25) is 0 Å². The molecule has 0 aliphatic heterocycles. The Kier molecular flexibility index (Phi) is 4.21. The number of benzene rings is 1. The summed E-state index contributed by atoms with van der Waals surface area (Å²) < 4.78 is 53.8. The largest absolute Gasteiger partial charge is 0.456 e. The van der Waals surface area contributed by atoms with E-state index in [0.717, 1.165) is 0 Å². The molecule has 0 aliphatic carbocycles. The van der Waals surface area contributed by atoms with Crippen molar-refractivity contribution < 1.29 is 26.7 Å². The number of carbonyl (C=O) groups is 1. The van der Waals surface area contributed by atoms with Gasteiger partial charge in [-0.25, -0.2) is 22.0 Å². The van der Waals surface area contributed by atoms with Crippen molar-refractivity contribution >= 4 is 25.7 Å². The van der Waals surface area contributed by atoms with E-state index in [4.69, 9.17) is 15.4 Å². The molecule has 19 heavy (non-hydrogen) atoms. The monoisotopic (exact) mass is 312 g/mol. The van der Waals surface area contributed by atoms with E-state index in [1.807, 2.05) is 0 Å². The summed E-state index contributed by atoms with van der Waals surface area (Å²) in [5, 5.41) is 0. The molecule has 106 valence electrons. The summed E-state index contributed by atoms with van der Waals surface area (Å²) in [6, 6.07) is 0.787. The Hall–Kier alpha value is -1.21. The predicted octanol–water partition coefficient (Wildman–Crippen LogP) is 2.85. The zero-order valence-electron chi connectivity index (χ0n) is 10.3. The maximum atomic E-state index is 13.5. The molecule has 0 fully saturated rings. The second-order valence-corrected chi connectivity index (χ2v) is 7.24. The third-order valence-corrected chi connectivity index (χ3v) is 3.24. The lowest BCUT2D eigenvalue weighted by atomic mass is 10.1. The van der Waals surface area contributed by atoms with Gasteiger partial charge < -0.3 is 4.74 Å². The summed E-state index contributed by atoms with van der Waals surface area (Å²) in [5.41, 5.74) is -1.60. The lowest BCUT2D eigenvalue weighted by Crippen LogP contribution is -2.24. The number of rotatable bonds is 2. The van der Waals surface area contributed by atoms with Crippen LogP contribution in [-0.2, 0) is 13.8 Å². The molecule has 0 saturated carbocycles. The van der Waals surface area contributed by atoms with Crippen LogP contribution in [0.4, 0.5) is 8.78 Å². The van der Waals surface area contributed by atoms with E-state index in [-0.39, 0.29) is 6.07 Å². The molecule has 4 nitrogen and oxygen atoms in total. The van der Waals surface area contributed by atoms with E-state index < -0.39 is 42.7 Å². The van der Waals surface area contributed by atoms with Gasteiger partial charge in [-0.05, 0) is 26.8 Å². The fraction of sp³-hybridized carbons (Fsp3) is 0.364. The van der Waals surface area contributed by atoms with Crippen LogP contribution in [0, 0.1) is 11.6 Å². The summed E-state index contributed by atoms with van der Waals surface area (Å²) in [6.07, 6.45) is 0. The molecule has 1 aromatic carbocycles. The van der Waals surface area contributed by atoms with Crippen molar-refractivity contribution in [2.24, 2.45) is 0 Å². The molecular weight excluding hydrogens is 302 g/mol. The Morgan fingerprint density at radius 1 is 1.21 bits per heavy atom. The second-order valence-electron chi connectivity index (χ2n) is 4.70. The Morgan fingerprint density at radius 2 is 1.74 bits per heavy atom. The van der Waals surface area contributed by atoms with Gasteiger partial charge in [0.2, 0.25) is 0 Å². The lowest BCUT2D eigenvalue weighted by Gasteiger charge is -2.19. The van der Waals surface area contributed by atoms with Crippen molar-refractivity contribution in [2.75, 3.05) is 0 Å². The number of halogens is 3. The van der Waals surface area contributed by atoms with E-state index in [2.05, 4.69) is 0 Å². The van der Waals surface area contributed by atoms with Crippen LogP contribution in [-0.4, -0.2) is 20.0 Å². The number of carbonyl (C=O) groups excluding carboxylic acids is 1. The highest BCUT2D eigenvalue weighted by atomic mass is 35.7. The quantitative estimate of drug-likeness (QED) is 0.622. The molecule has 0 bridgehead atoms. The van der Waals surface area contributed by atoms with Crippen LogP contribution < -0.4 is 0 Å². The van der Waals surface area contributed by atoms with E-state index in [0.29, 0.717) is 6.07 Å². The van der Waals surface area contributed by atoms with Crippen LogP contribution in [0.25, 0.3) is 0 Å². The second kappa shape index (κ2) is 5.05. The van der Waals surface area contributed by atoms with Gasteiger partial charge in [0.25, 0.3) is 9.05 Å². The Labute approximate surface area is 113 Å². The topological polar surface area (TPSA) is 60.4 Å². The Morgan fingerprint density at radius 3 is 2.16 bits per heavy atom. The summed E-state index contributed by atoms with van der Waals surface area (Å²) >= 11 is 0. The standard InChI is InChI=1S/C11H11ClF2O4S/c1-11(2,3)18-10(15)6-4-9(19(12,16)17)8(14)5-7(6)13/h4-5H,1-3H3. The zero-order valence-corrected chi connectivity index (χ0v) is 11.9. The fourth-order valence-electron chi connectivity index (χ4n) is 1.21. The van der Waals surface area contributed by atoms with Gasteiger partial charge in [0.1, 0.15) is 22.1 Å². The van der Waals surface area contributed by atoms with Crippen LogP contribution in [0.5, 0.6) is 0 Å². The van der Waals surface area contributed by atoms with Gasteiger partial charge in [0.15, 0.2) is 0 Å². The molecule has 1 aromatic rings. The van der Waals surface area contributed by atoms with Crippen LogP contribution in [0.3, 0.4) is 0 Å². The van der Waals surface area contributed by atoms with Crippen LogP contribution >= 0.6 is 10.7 Å². The lowest BCUT2D eigenvalue weighted by molar-refractivity contribution is 0.00643. The SMILES string of the molecule is CC(C)(C)OC(=O)c1cc(S(=O)(=O)Cl)c(F)cc1F. The fourth-order valence-corrected chi connectivity index (χ4v) is 2.11. The summed E-state index contributed by atoms with van der Waals surface area (Å²) in [7, 11) is 0.556. The van der Waals surface area contributed by atoms with Crippen molar-refractivity contribution in [1.82, 2.24) is 0 Å². The Balaban J connectivity index is 3.34. The first-order valence-electron chi connectivity index (χ1n) is 5.09. The molecule has 0 aliphatic rings. The summed E-state index contributed by atoms with van der Waals surface area (Å²) in [5.74, 6) is -3.71. The molecule has 0 amide bonds. The predicted molar refractivity (Wildman–Crippen MR) is 64.6 cm³/mol. The minimum atomic E-state index is -4.43. The minimum Gasteiger partial charge on any atom is -0.456 e. The smallest absolute Gasteiger partial charge is 0.341 e. The van der Waals surface area contributed by atoms with E-state index in [9.17, 15) is 22.0 Å². The first-order chi connectivity index (χ1) is 8.42. The van der Waals surface area contributed by atoms with Crippen LogP contribution in [0.15, 0.2) is 17.0 Å². The highest BCUT2D eigenvalue weighted by Gasteiger charge is 2.26. The summed E-state index contributed by atoms with van der Waals surface area (Å²) in [4.78, 5) is 10.7. The average Bonchev–Trinajstić information content (AvgIpc) is 2.11. The molecule has 0 saturated heterocycles. The normalized spacial score (nSPS) is 12.3. The third-order valence-electron chi connectivity index (χ3n) is 1.90. The van der Waals surface area contributed by atoms with Gasteiger partial charge in [0.05, 0.1) is 5.56 Å². The number of hydrogen-bond acceptors (Lipinski definition) is 4. The molecule has 1 rings (SSSR count). The third kappa shape index (κ3) is 4.14. The van der Waals surface area contributed by atoms with E-state index >= 15 is 0 Å². The van der Waals surface area contributed by atoms with Crippen LogP contribution in [0.2, 0.25) is 0 Å². The highest BCUT2D eigenvalue weighted by Crippen LogP contribution is 2.24. The molecule has 8 heteroatoms. The maximum Gasteiger partial charge on any atom is 0.341 e. The van der Waals surface area contributed by atoms with Crippen molar-refractivity contribution in [1.29, 1.82) is 0 Å². The molecule has 0 atom stereocenters. The van der Waals surface area contributed by atoms with Crippen molar-refractivity contribution in [3.8, 4) is 0 Å². The number of esters is 1. The Bertz CT molecular complexity index is 620. The number of hydrogen-bond donors (Lipinski definition) is 0. The molecule has 0 N–H and O–H groups in total. The molecule has 0 radical (unpaired) electrons. The van der Waals surface area contributed by atoms with E-state index in [1.54, 1.807) is 20.8 Å². The molecule has 0 aromatic heterocycles. The minimum absolute atomic E-state index is 0.272. The summed E-state index contributed by atoms with van der Waals surface area (Å²) in [6.45, 7) is 4.64. The van der Waals surface area contributed by atoms with Crippen molar-refractivity contribution in [3.63, 3.8) is 0 Å². The van der Waals surface area contributed by atoms with Crippen LogP contribution in [0.1, 0.15) is 31.1 Å².